The molecule has 2 unspecified atom stereocenters. The fraction of sp³-hybridized carbons (Fsp3) is 0.460. The van der Waals surface area contributed by atoms with Crippen molar-refractivity contribution < 1.29 is 53.5 Å². The Labute approximate surface area is 475 Å². The monoisotopic (exact) mass is 1120 g/mol. The first kappa shape index (κ1) is 57.7. The summed E-state index contributed by atoms with van der Waals surface area (Å²) in [5.74, 6) is -0.161. The van der Waals surface area contributed by atoms with Crippen LogP contribution in [-0.2, 0) is 61.9 Å². The summed E-state index contributed by atoms with van der Waals surface area (Å²) in [5.41, 5.74) is 6.04. The second-order valence-electron chi connectivity index (χ2n) is 22.7. The van der Waals surface area contributed by atoms with Crippen molar-refractivity contribution in [3.63, 3.8) is 0 Å². The van der Waals surface area contributed by atoms with Crippen LogP contribution in [0.2, 0.25) is 18.6 Å². The molecular formula is C63H78N6O11Si. The number of nitrogens with zero attached hydrogens (tertiary/aromatic N) is 4. The zero-order chi connectivity index (χ0) is 57.2. The molecular weight excluding hydrogens is 1040 g/mol. The number of fused-ring (bicyclic) bond motifs is 5. The third-order valence-electron chi connectivity index (χ3n) is 17.1. The molecule has 1 fully saturated rings. The lowest BCUT2D eigenvalue weighted by molar-refractivity contribution is -0.151. The SMILES string of the molecule is CCOc1ccc2c(c1)CC(NCCCCO)C(=O)N2c1ccc(CN2C(=O)[C@]3(O[C@H](CC(=O)N4Cc5ccccc5C[C@H]4CO)[C@@H]([Si](C)(C)O)[C@@H]3C)c3cc(N4C(=O)C(NCCCCO)Cc5cc(OCC)ccc54)ccc32)cc1. The van der Waals surface area contributed by atoms with E-state index in [2.05, 4.69) is 10.6 Å². The van der Waals surface area contributed by atoms with Gasteiger partial charge in [0.2, 0.25) is 17.7 Å². The van der Waals surface area contributed by atoms with Crippen LogP contribution < -0.4 is 34.8 Å². The standard InChI is InChI=1S/C63H78N6O11Si/c1-6-78-49-21-24-54-44(31-49)33-52(64-26-10-12-28-70)60(74)68(54)46-18-16-41(17-19-46)37-67-56-23-20-47(69-55-25-22-50(79-7-2)32-45(55)34-53(61(69)75)65-27-11-13-29-71)35-51(56)63(62(67)76)40(3)59(81(4,5)77)57(80-63)36-58(73)66-38-43-15-9-8-14-42(43)30-48(66)39-72/h8-9,14-25,31-32,35,40,48,52-53,57,59,64-65,70-72,77H,6-7,10-13,26-30,33-34,36-39H2,1-5H3/t40-,48-,52?,53?,57+,59-,63+/m0/s1. The maximum atomic E-state index is 16.0. The number of aliphatic hydroxyl groups is 3. The maximum Gasteiger partial charge on any atom is 0.264 e. The van der Waals surface area contributed by atoms with Gasteiger partial charge >= 0.3 is 0 Å². The van der Waals surface area contributed by atoms with Crippen molar-refractivity contribution in [3.05, 3.63) is 137 Å². The molecule has 430 valence electrons. The third kappa shape index (κ3) is 11.3. The van der Waals surface area contributed by atoms with Gasteiger partial charge in [-0.15, -0.1) is 0 Å². The largest absolute Gasteiger partial charge is 0.494 e. The highest BCUT2D eigenvalue weighted by Crippen LogP contribution is 2.61. The van der Waals surface area contributed by atoms with Gasteiger partial charge in [-0.3, -0.25) is 29.0 Å². The molecule has 5 heterocycles. The van der Waals surface area contributed by atoms with Crippen molar-refractivity contribution >= 4 is 60.4 Å². The molecule has 5 aliphatic rings. The van der Waals surface area contributed by atoms with E-state index in [0.717, 1.165) is 33.5 Å². The van der Waals surface area contributed by atoms with Crippen LogP contribution in [0.25, 0.3) is 0 Å². The molecule has 0 aromatic heterocycles. The third-order valence-corrected chi connectivity index (χ3v) is 19.6. The van der Waals surface area contributed by atoms with Crippen molar-refractivity contribution in [2.45, 2.75) is 134 Å². The lowest BCUT2D eigenvalue weighted by atomic mass is 9.82. The first-order valence-electron chi connectivity index (χ1n) is 28.9. The second kappa shape index (κ2) is 24.5. The Bertz CT molecular complexity index is 3120. The van der Waals surface area contributed by atoms with Gasteiger partial charge in [0.25, 0.3) is 5.91 Å². The van der Waals surface area contributed by atoms with Gasteiger partial charge in [-0.05, 0) is 180 Å². The number of anilines is 5. The van der Waals surface area contributed by atoms with E-state index in [4.69, 9.17) is 14.2 Å². The van der Waals surface area contributed by atoms with Crippen LogP contribution in [0.1, 0.15) is 86.3 Å². The molecule has 17 nitrogen and oxygen atoms in total. The minimum absolute atomic E-state index is 0.0459. The van der Waals surface area contributed by atoms with Crippen LogP contribution in [0.3, 0.4) is 0 Å². The van der Waals surface area contributed by atoms with Gasteiger partial charge in [0, 0.05) is 48.2 Å². The highest BCUT2D eigenvalue weighted by Gasteiger charge is 2.67. The van der Waals surface area contributed by atoms with Crippen LogP contribution in [0.4, 0.5) is 28.4 Å². The summed E-state index contributed by atoms with van der Waals surface area (Å²) in [6.45, 7) is 11.8. The average Bonchev–Trinajstić information content (AvgIpc) is 4.06. The van der Waals surface area contributed by atoms with E-state index in [-0.39, 0.29) is 56.4 Å². The van der Waals surface area contributed by atoms with Crippen LogP contribution in [0, 0.1) is 5.92 Å². The van der Waals surface area contributed by atoms with Gasteiger partial charge in [0.15, 0.2) is 13.9 Å². The fourth-order valence-electron chi connectivity index (χ4n) is 13.3. The van der Waals surface area contributed by atoms with Crippen LogP contribution in [0.15, 0.2) is 103 Å². The summed E-state index contributed by atoms with van der Waals surface area (Å²) in [7, 11) is -3.28. The topological polar surface area (TPSA) is 214 Å². The molecule has 10 rings (SSSR count). The van der Waals surface area contributed by atoms with Gasteiger partial charge < -0.3 is 54.8 Å². The van der Waals surface area contributed by atoms with Crippen molar-refractivity contribution in [1.29, 1.82) is 0 Å². The molecule has 7 atom stereocenters. The Kier molecular flexibility index (Phi) is 17.5. The predicted molar refractivity (Wildman–Crippen MR) is 313 cm³/mol. The Hall–Kier alpha value is -6.48. The van der Waals surface area contributed by atoms with Crippen LogP contribution in [-0.4, -0.2) is 127 Å². The van der Waals surface area contributed by atoms with Crippen molar-refractivity contribution in [1.82, 2.24) is 15.5 Å². The second-order valence-corrected chi connectivity index (χ2v) is 26.7. The predicted octanol–water partition coefficient (Wildman–Crippen LogP) is 7.07. The van der Waals surface area contributed by atoms with E-state index in [9.17, 15) is 34.5 Å². The number of carbonyl (C=O) groups is 4. The number of hydrogen-bond donors (Lipinski definition) is 6. The number of nitrogens with one attached hydrogen (secondary N) is 2. The van der Waals surface area contributed by atoms with E-state index in [0.29, 0.717) is 118 Å². The zero-order valence-corrected chi connectivity index (χ0v) is 48.2. The molecule has 1 spiro atoms. The van der Waals surface area contributed by atoms with Gasteiger partial charge in [0.1, 0.15) is 11.5 Å². The Balaban J connectivity index is 1.03. The number of unbranched alkanes of at least 4 members (excludes halogenated alkanes) is 2. The van der Waals surface area contributed by atoms with E-state index >= 15 is 4.79 Å². The fourth-order valence-corrected chi connectivity index (χ4v) is 15.8. The van der Waals surface area contributed by atoms with E-state index < -0.39 is 49.6 Å². The summed E-state index contributed by atoms with van der Waals surface area (Å²) in [5, 5.41) is 36.5. The first-order chi connectivity index (χ1) is 39.1. The van der Waals surface area contributed by atoms with Gasteiger partial charge in [0.05, 0.1) is 74.1 Å². The van der Waals surface area contributed by atoms with Gasteiger partial charge in [-0.25, -0.2) is 0 Å². The highest BCUT2D eigenvalue weighted by molar-refractivity contribution is 6.71. The first-order valence-corrected chi connectivity index (χ1v) is 32.0. The number of hydrogen-bond acceptors (Lipinski definition) is 13. The smallest absolute Gasteiger partial charge is 0.264 e. The molecule has 1 saturated heterocycles. The molecule has 0 aliphatic carbocycles. The number of aliphatic hydroxyl groups excluding tert-OH is 3. The van der Waals surface area contributed by atoms with E-state index in [1.165, 1.54) is 0 Å². The number of ether oxygens (including phenoxy) is 3. The molecule has 4 amide bonds. The van der Waals surface area contributed by atoms with E-state index in [1.807, 2.05) is 137 Å². The number of amides is 4. The number of benzene rings is 5. The Morgan fingerprint density at radius 2 is 1.25 bits per heavy atom. The van der Waals surface area contributed by atoms with Crippen molar-refractivity contribution in [3.8, 4) is 11.5 Å². The Morgan fingerprint density at radius 1 is 0.691 bits per heavy atom. The molecule has 5 aromatic carbocycles. The minimum atomic E-state index is -3.28. The molecule has 6 N–H and O–H groups in total. The lowest BCUT2D eigenvalue weighted by Gasteiger charge is -2.37. The number of carbonyl (C=O) groups excluding carboxylic acids is 4. The molecule has 81 heavy (non-hydrogen) atoms. The van der Waals surface area contributed by atoms with Crippen molar-refractivity contribution in [2.24, 2.45) is 5.92 Å². The molecule has 0 saturated carbocycles. The van der Waals surface area contributed by atoms with Crippen molar-refractivity contribution in [2.75, 3.05) is 60.8 Å². The Morgan fingerprint density at radius 3 is 1.80 bits per heavy atom. The quantitative estimate of drug-likeness (QED) is 0.0303. The minimum Gasteiger partial charge on any atom is -0.494 e. The lowest BCUT2D eigenvalue weighted by Crippen LogP contribution is -2.49. The van der Waals surface area contributed by atoms with Gasteiger partial charge in [-0.1, -0.05) is 43.3 Å². The van der Waals surface area contributed by atoms with E-state index in [1.54, 1.807) is 19.6 Å². The summed E-state index contributed by atoms with van der Waals surface area (Å²) in [4.78, 5) is 79.4. The molecule has 0 radical (unpaired) electrons. The normalized spacial score (nSPS) is 23.2. The molecule has 5 aliphatic heterocycles. The molecule has 0 bridgehead atoms. The number of rotatable bonds is 22. The highest BCUT2D eigenvalue weighted by atomic mass is 28.4. The zero-order valence-electron chi connectivity index (χ0n) is 47.2. The summed E-state index contributed by atoms with van der Waals surface area (Å²) >= 11 is 0. The summed E-state index contributed by atoms with van der Waals surface area (Å²) < 4.78 is 19.1. The maximum absolute atomic E-state index is 16.0. The molecule has 18 heteroatoms. The van der Waals surface area contributed by atoms with Gasteiger partial charge in [-0.2, -0.15) is 0 Å². The molecule has 5 aromatic rings. The summed E-state index contributed by atoms with van der Waals surface area (Å²) in [6, 6.07) is 31.0. The van der Waals surface area contributed by atoms with Crippen LogP contribution >= 0.6 is 0 Å². The average molecular weight is 1120 g/mol. The van der Waals surface area contributed by atoms with Crippen LogP contribution in [0.5, 0.6) is 11.5 Å². The summed E-state index contributed by atoms with van der Waals surface area (Å²) in [6.07, 6.45) is 2.96.